The van der Waals surface area contributed by atoms with E-state index in [9.17, 15) is 4.79 Å². The van der Waals surface area contributed by atoms with Gasteiger partial charge in [-0.05, 0) is 42.5 Å². The van der Waals surface area contributed by atoms with Crippen LogP contribution in [0.4, 0.5) is 5.82 Å². The van der Waals surface area contributed by atoms with Crippen molar-refractivity contribution in [2.75, 3.05) is 18.0 Å². The second-order valence-electron chi connectivity index (χ2n) is 5.72. The first-order chi connectivity index (χ1) is 11.2. The van der Waals surface area contributed by atoms with Gasteiger partial charge in [-0.3, -0.25) is 4.79 Å². The van der Waals surface area contributed by atoms with Crippen LogP contribution in [0, 0.1) is 6.92 Å². The van der Waals surface area contributed by atoms with Crippen molar-refractivity contribution in [1.29, 1.82) is 0 Å². The predicted molar refractivity (Wildman–Crippen MR) is 87.9 cm³/mol. The molecule has 3 aromatic rings. The number of aromatic nitrogens is 4. The summed E-state index contributed by atoms with van der Waals surface area (Å²) in [5, 5.41) is 17.4. The summed E-state index contributed by atoms with van der Waals surface area (Å²) in [5.41, 5.74) is 1.85. The minimum Gasteiger partial charge on any atom is -0.353 e. The minimum absolute atomic E-state index is 0.0113. The predicted octanol–water partition coefficient (Wildman–Crippen LogP) is 1.50. The third-order valence-electron chi connectivity index (χ3n) is 3.95. The van der Waals surface area contributed by atoms with Gasteiger partial charge >= 0.3 is 0 Å². The number of hydrogen-bond donors (Lipinski definition) is 1. The summed E-state index contributed by atoms with van der Waals surface area (Å²) in [4.78, 5) is 15.2. The van der Waals surface area contributed by atoms with Crippen LogP contribution in [0.1, 0.15) is 21.7 Å². The van der Waals surface area contributed by atoms with Gasteiger partial charge in [-0.25, -0.2) is 0 Å². The smallest absolute Gasteiger partial charge is 0.261 e. The number of amides is 1. The third kappa shape index (κ3) is 2.77. The molecule has 1 fully saturated rings. The lowest BCUT2D eigenvalue weighted by atomic mass is 10.2. The van der Waals surface area contributed by atoms with Crippen LogP contribution in [0.2, 0.25) is 0 Å². The molecule has 0 saturated carbocycles. The van der Waals surface area contributed by atoms with Crippen molar-refractivity contribution in [2.45, 2.75) is 19.4 Å². The van der Waals surface area contributed by atoms with Crippen LogP contribution in [0.3, 0.4) is 0 Å². The summed E-state index contributed by atoms with van der Waals surface area (Å²) in [6.07, 6.45) is 2.51. The maximum Gasteiger partial charge on any atom is 0.261 e. The van der Waals surface area contributed by atoms with E-state index in [1.54, 1.807) is 10.8 Å². The number of anilines is 1. The highest BCUT2D eigenvalue weighted by molar-refractivity contribution is 7.12. The average molecular weight is 328 g/mol. The van der Waals surface area contributed by atoms with Gasteiger partial charge in [0.15, 0.2) is 5.65 Å². The Bertz CT molecular complexity index is 856. The van der Waals surface area contributed by atoms with E-state index < -0.39 is 0 Å². The lowest BCUT2D eigenvalue weighted by Crippen LogP contribution is -2.36. The number of rotatable bonds is 3. The number of thiophene rings is 1. The summed E-state index contributed by atoms with van der Waals surface area (Å²) in [6.45, 7) is 3.63. The van der Waals surface area contributed by atoms with Crippen LogP contribution < -0.4 is 10.2 Å². The molecule has 0 bridgehead atoms. The Kier molecular flexibility index (Phi) is 3.45. The molecular weight excluding hydrogens is 312 g/mol. The van der Waals surface area contributed by atoms with Crippen LogP contribution in [0.25, 0.3) is 5.65 Å². The van der Waals surface area contributed by atoms with Crippen molar-refractivity contribution < 1.29 is 4.79 Å². The summed E-state index contributed by atoms with van der Waals surface area (Å²) in [6, 6.07) is 5.91. The van der Waals surface area contributed by atoms with E-state index in [4.69, 9.17) is 0 Å². The summed E-state index contributed by atoms with van der Waals surface area (Å²) < 4.78 is 1.66. The highest BCUT2D eigenvalue weighted by Gasteiger charge is 2.25. The van der Waals surface area contributed by atoms with Gasteiger partial charge in [0, 0.05) is 19.1 Å². The van der Waals surface area contributed by atoms with Crippen molar-refractivity contribution in [3.05, 3.63) is 40.3 Å². The van der Waals surface area contributed by atoms with E-state index in [0.29, 0.717) is 0 Å². The van der Waals surface area contributed by atoms with Crippen LogP contribution in [0.15, 0.2) is 29.9 Å². The molecule has 23 heavy (non-hydrogen) atoms. The highest BCUT2D eigenvalue weighted by atomic mass is 32.1. The van der Waals surface area contributed by atoms with Gasteiger partial charge in [0.1, 0.15) is 12.1 Å². The number of nitrogens with zero attached hydrogens (tertiary/aromatic N) is 5. The molecule has 4 heterocycles. The number of carbonyl (C=O) groups is 1. The molecule has 8 heteroatoms. The summed E-state index contributed by atoms with van der Waals surface area (Å²) >= 11 is 1.49. The lowest BCUT2D eigenvalue weighted by molar-refractivity contribution is 0.0944. The highest BCUT2D eigenvalue weighted by Crippen LogP contribution is 2.19. The molecule has 1 N–H and O–H groups in total. The molecule has 1 aliphatic rings. The monoisotopic (exact) mass is 328 g/mol. The van der Waals surface area contributed by atoms with Crippen molar-refractivity contribution in [3.8, 4) is 0 Å². The second-order valence-corrected chi connectivity index (χ2v) is 6.63. The molecule has 1 unspecified atom stereocenters. The van der Waals surface area contributed by atoms with E-state index >= 15 is 0 Å². The fraction of sp³-hybridized carbons (Fsp3) is 0.333. The Morgan fingerprint density at radius 2 is 2.35 bits per heavy atom. The quantitative estimate of drug-likeness (QED) is 0.789. The minimum atomic E-state index is 0.0113. The van der Waals surface area contributed by atoms with E-state index in [1.807, 2.05) is 30.5 Å². The maximum absolute atomic E-state index is 12.2. The molecule has 1 saturated heterocycles. The van der Waals surface area contributed by atoms with Crippen LogP contribution in [-0.4, -0.2) is 44.8 Å². The molecule has 0 spiro atoms. The van der Waals surface area contributed by atoms with Gasteiger partial charge in [0.25, 0.3) is 5.91 Å². The Hall–Kier alpha value is -2.48. The number of nitrogens with one attached hydrogen (secondary N) is 1. The zero-order valence-corrected chi connectivity index (χ0v) is 13.5. The summed E-state index contributed by atoms with van der Waals surface area (Å²) in [5.74, 6) is 0.887. The zero-order chi connectivity index (χ0) is 15.8. The molecule has 0 aromatic carbocycles. The first-order valence-corrected chi connectivity index (χ1v) is 8.35. The first kappa shape index (κ1) is 14.1. The van der Waals surface area contributed by atoms with Gasteiger partial charge in [-0.2, -0.15) is 4.52 Å². The third-order valence-corrected chi connectivity index (χ3v) is 5.00. The number of carbonyl (C=O) groups excluding carboxylic acids is 1. The molecule has 1 aliphatic heterocycles. The van der Waals surface area contributed by atoms with E-state index in [2.05, 4.69) is 25.5 Å². The molecule has 3 aromatic heterocycles. The van der Waals surface area contributed by atoms with Crippen molar-refractivity contribution in [3.63, 3.8) is 0 Å². The van der Waals surface area contributed by atoms with E-state index in [1.165, 1.54) is 11.3 Å². The van der Waals surface area contributed by atoms with Crippen molar-refractivity contribution in [2.24, 2.45) is 0 Å². The number of aryl methyl sites for hydroxylation is 1. The molecule has 1 atom stereocenters. The maximum atomic E-state index is 12.2. The van der Waals surface area contributed by atoms with Crippen LogP contribution in [0.5, 0.6) is 0 Å². The Labute approximate surface area is 136 Å². The Morgan fingerprint density at radius 3 is 3.17 bits per heavy atom. The average Bonchev–Trinajstić information content (AvgIpc) is 3.26. The van der Waals surface area contributed by atoms with Gasteiger partial charge < -0.3 is 10.2 Å². The Morgan fingerprint density at radius 1 is 1.43 bits per heavy atom. The molecule has 0 radical (unpaired) electrons. The fourth-order valence-electron chi connectivity index (χ4n) is 2.78. The molecule has 118 valence electrons. The second kappa shape index (κ2) is 5.62. The largest absolute Gasteiger partial charge is 0.353 e. The molecular formula is C15H16N6OS. The van der Waals surface area contributed by atoms with Gasteiger partial charge in [0.2, 0.25) is 0 Å². The van der Waals surface area contributed by atoms with Crippen molar-refractivity contribution in [1.82, 2.24) is 25.1 Å². The van der Waals surface area contributed by atoms with Gasteiger partial charge in [-0.1, -0.05) is 0 Å². The van der Waals surface area contributed by atoms with Crippen molar-refractivity contribution >= 4 is 28.7 Å². The fourth-order valence-corrected chi connectivity index (χ4v) is 3.58. The van der Waals surface area contributed by atoms with Gasteiger partial charge in [-0.15, -0.1) is 26.6 Å². The Balaban J connectivity index is 1.43. The molecule has 1 amide bonds. The van der Waals surface area contributed by atoms with Crippen LogP contribution in [-0.2, 0) is 0 Å². The van der Waals surface area contributed by atoms with Gasteiger partial charge in [0.05, 0.1) is 4.88 Å². The van der Waals surface area contributed by atoms with E-state index in [0.717, 1.165) is 41.4 Å². The summed E-state index contributed by atoms with van der Waals surface area (Å²) in [7, 11) is 0. The standard InChI is InChI=1S/C15H16N6OS/c1-10-6-12(23-8-10)15(22)17-11-4-5-20(7-11)14-3-2-13-18-16-9-21(13)19-14/h2-3,6,8-9,11H,4-5,7H2,1H3,(H,17,22). The number of fused-ring (bicyclic) bond motifs is 1. The SMILES string of the molecule is Cc1csc(C(=O)NC2CCN(c3ccc4nncn4n3)C2)c1. The van der Waals surface area contributed by atoms with Crippen LogP contribution >= 0.6 is 11.3 Å². The lowest BCUT2D eigenvalue weighted by Gasteiger charge is -2.17. The topological polar surface area (TPSA) is 75.4 Å². The number of hydrogen-bond acceptors (Lipinski definition) is 6. The first-order valence-electron chi connectivity index (χ1n) is 7.47. The van der Waals surface area contributed by atoms with E-state index in [-0.39, 0.29) is 11.9 Å². The zero-order valence-electron chi connectivity index (χ0n) is 12.6. The molecule has 0 aliphatic carbocycles. The molecule has 4 rings (SSSR count). The molecule has 7 nitrogen and oxygen atoms in total. The normalized spacial score (nSPS) is 17.8.